The van der Waals surface area contributed by atoms with Crippen molar-refractivity contribution in [2.45, 2.75) is 135 Å². The second kappa shape index (κ2) is 18.4. The van der Waals surface area contributed by atoms with Crippen LogP contribution in [0.4, 0.5) is 4.79 Å². The van der Waals surface area contributed by atoms with Gasteiger partial charge in [0.05, 0.1) is 30.4 Å². The summed E-state index contributed by atoms with van der Waals surface area (Å²) in [6, 6.07) is 4.24. The number of nitrogens with zero attached hydrogens (tertiary/aromatic N) is 7. The molecule has 0 saturated carbocycles. The fourth-order valence-corrected chi connectivity index (χ4v) is 8.94. The molecule has 1 N–H and O–H groups in total. The number of Topliss-reactive ketones (excluding diaryl/α,β-unsaturated/α-hetero) is 2. The molecule has 2 aromatic heterocycles. The summed E-state index contributed by atoms with van der Waals surface area (Å²) in [5.41, 5.74) is -2.17. The van der Waals surface area contributed by atoms with Gasteiger partial charge in [-0.2, -0.15) is 4.80 Å². The Morgan fingerprint density at radius 1 is 1.02 bits per heavy atom. The number of carbonyl (C=O) groups excluding carboxylic acids is 4. The van der Waals surface area contributed by atoms with Crippen LogP contribution in [0.25, 0.3) is 11.5 Å². The summed E-state index contributed by atoms with van der Waals surface area (Å²) in [6.45, 7) is 14.1. The number of ether oxygens (including phenoxy) is 5. The predicted molar refractivity (Wildman–Crippen MR) is 210 cm³/mol. The van der Waals surface area contributed by atoms with Gasteiger partial charge in [0.2, 0.25) is 5.82 Å². The molecule has 0 radical (unpaired) electrons. The minimum absolute atomic E-state index is 0.0610. The summed E-state index contributed by atoms with van der Waals surface area (Å²) in [7, 11) is 5.21. The van der Waals surface area contributed by atoms with Crippen LogP contribution in [0.5, 0.6) is 0 Å². The minimum Gasteiger partial charge on any atom is -0.458 e. The van der Waals surface area contributed by atoms with E-state index in [0.717, 1.165) is 0 Å². The van der Waals surface area contributed by atoms with Gasteiger partial charge in [0.25, 0.3) is 0 Å². The summed E-state index contributed by atoms with van der Waals surface area (Å²) in [5, 5.41) is 24.0. The number of methoxy groups -OCH3 is 1. The fourth-order valence-electron chi connectivity index (χ4n) is 8.94. The van der Waals surface area contributed by atoms with Crippen molar-refractivity contribution < 1.29 is 48.0 Å². The van der Waals surface area contributed by atoms with Crippen molar-refractivity contribution in [2.75, 3.05) is 27.7 Å². The second-order valence-electron chi connectivity index (χ2n) is 16.7. The first kappa shape index (κ1) is 44.9. The Balaban J connectivity index is 1.46. The van der Waals surface area contributed by atoms with Gasteiger partial charge in [-0.25, -0.2) is 4.79 Å². The molecule has 13 atom stereocenters. The van der Waals surface area contributed by atoms with E-state index in [4.69, 9.17) is 23.7 Å². The number of ketones is 2. The molecule has 3 aliphatic heterocycles. The molecule has 1 amide bonds. The number of aliphatic hydroxyl groups excluding tert-OH is 1. The van der Waals surface area contributed by atoms with Crippen LogP contribution in [-0.2, 0) is 44.6 Å². The van der Waals surface area contributed by atoms with E-state index in [-0.39, 0.29) is 43.9 Å². The third-order valence-electron chi connectivity index (χ3n) is 12.2. The standard InChI is InChI=1S/C41H61N7O10/c1-12-30-41(8)34(47(39(53)58-41)19-15-16-20-48-44-36(43-45-48)28-17-13-14-18-42-28)25(4)31(49)23(2)22-40(7,54-11)35(26(5)32(50)27(6)37(52)56-30)57-38-33(51)29(46(9)10)21-24(3)55-38/h13-18,23-27,29-30,33-35,38,51H,12,19-22H2,1-11H3/b16-15+/t23-,24?,25+,26+,27-,29?,30-,33?,34-,35-,38+,40-,41-/m1/s1. The van der Waals surface area contributed by atoms with E-state index in [1.807, 2.05) is 32.0 Å². The quantitative estimate of drug-likeness (QED) is 0.208. The lowest BCUT2D eigenvalue weighted by Crippen LogP contribution is -2.60. The zero-order chi connectivity index (χ0) is 42.7. The van der Waals surface area contributed by atoms with E-state index in [0.29, 0.717) is 17.9 Å². The molecule has 0 aromatic carbocycles. The van der Waals surface area contributed by atoms with Crippen LogP contribution in [0.2, 0.25) is 0 Å². The van der Waals surface area contributed by atoms with Gasteiger partial charge in [0.1, 0.15) is 29.6 Å². The van der Waals surface area contributed by atoms with Crippen molar-refractivity contribution >= 4 is 23.6 Å². The summed E-state index contributed by atoms with van der Waals surface area (Å²) in [6.07, 6.45) is 0.853. The van der Waals surface area contributed by atoms with Crippen LogP contribution in [0, 0.1) is 23.7 Å². The molecule has 3 saturated heterocycles. The lowest BCUT2D eigenvalue weighted by atomic mass is 9.73. The Kier molecular flexibility index (Phi) is 14.3. The monoisotopic (exact) mass is 811 g/mol. The maximum atomic E-state index is 14.7. The maximum absolute atomic E-state index is 14.7. The van der Waals surface area contributed by atoms with Crippen LogP contribution in [0.15, 0.2) is 36.5 Å². The van der Waals surface area contributed by atoms with Crippen LogP contribution in [-0.4, -0.2) is 145 Å². The van der Waals surface area contributed by atoms with Crippen molar-refractivity contribution in [3.05, 3.63) is 36.5 Å². The van der Waals surface area contributed by atoms with Gasteiger partial charge in [-0.1, -0.05) is 45.9 Å². The Bertz CT molecular complexity index is 1790. The van der Waals surface area contributed by atoms with Gasteiger partial charge < -0.3 is 33.7 Å². The third-order valence-corrected chi connectivity index (χ3v) is 12.2. The number of likely N-dealkylation sites (N-methyl/N-ethyl adjacent to an activating group) is 1. The minimum atomic E-state index is -1.46. The highest BCUT2D eigenvalue weighted by molar-refractivity contribution is 6.00. The molecule has 5 heterocycles. The summed E-state index contributed by atoms with van der Waals surface area (Å²) >= 11 is 0. The number of fused-ring (bicyclic) bond motifs is 1. The number of hydrogen-bond acceptors (Lipinski definition) is 15. The second-order valence-corrected chi connectivity index (χ2v) is 16.7. The van der Waals surface area contributed by atoms with E-state index in [1.54, 1.807) is 72.0 Å². The van der Waals surface area contributed by atoms with Crippen LogP contribution in [0.1, 0.15) is 74.7 Å². The van der Waals surface area contributed by atoms with Crippen molar-refractivity contribution in [1.82, 2.24) is 35.0 Å². The maximum Gasteiger partial charge on any atom is 0.411 e. The summed E-state index contributed by atoms with van der Waals surface area (Å²) in [4.78, 5) is 65.7. The molecular weight excluding hydrogens is 750 g/mol. The van der Waals surface area contributed by atoms with Crippen molar-refractivity contribution in [3.63, 3.8) is 0 Å². The SMILES string of the molecule is CC[C@H]1OC(=O)[C@H](C)C(=O)[C@H](C)[C@@H](O[C@@H]2OC(C)CC(N(C)C)C2O)[C@](C)(OC)C[C@@H](C)C(=O)[C@H](C)[C@H]2N(C/C=C/Cn3nnc(-c4ccccn4)n3)C(=O)O[C@]12C. The topological polar surface area (TPSA) is 198 Å². The number of rotatable bonds is 10. The molecule has 320 valence electrons. The summed E-state index contributed by atoms with van der Waals surface area (Å²) < 4.78 is 31.1. The largest absolute Gasteiger partial charge is 0.458 e. The number of pyridine rings is 1. The Morgan fingerprint density at radius 3 is 2.36 bits per heavy atom. The molecule has 0 spiro atoms. The molecule has 3 aliphatic rings. The number of cyclic esters (lactones) is 1. The first-order chi connectivity index (χ1) is 27.4. The number of hydrogen-bond donors (Lipinski definition) is 1. The molecule has 0 aliphatic carbocycles. The first-order valence-electron chi connectivity index (χ1n) is 20.2. The van der Waals surface area contributed by atoms with Crippen molar-refractivity contribution in [3.8, 4) is 11.5 Å². The molecule has 0 bridgehead atoms. The lowest BCUT2D eigenvalue weighted by molar-refractivity contribution is -0.295. The van der Waals surface area contributed by atoms with Gasteiger partial charge in [-0.3, -0.25) is 24.3 Å². The Hall–Kier alpha value is -4.16. The number of aliphatic hydroxyl groups is 1. The zero-order valence-corrected chi connectivity index (χ0v) is 35.6. The molecule has 17 nitrogen and oxygen atoms in total. The average Bonchev–Trinajstić information content (AvgIpc) is 3.78. The number of aromatic nitrogens is 5. The van der Waals surface area contributed by atoms with Crippen LogP contribution in [0.3, 0.4) is 0 Å². The molecule has 5 rings (SSSR count). The summed E-state index contributed by atoms with van der Waals surface area (Å²) in [5.74, 6) is -4.81. The molecule has 2 aromatic rings. The van der Waals surface area contributed by atoms with Gasteiger partial charge in [-0.05, 0) is 78.4 Å². The number of esters is 1. The highest BCUT2D eigenvalue weighted by Crippen LogP contribution is 2.43. The van der Waals surface area contributed by atoms with Crippen LogP contribution >= 0.6 is 0 Å². The zero-order valence-electron chi connectivity index (χ0n) is 35.6. The third kappa shape index (κ3) is 9.18. The number of amides is 1. The fraction of sp³-hybridized carbons (Fsp3) is 0.707. The number of carbonyl (C=O) groups is 4. The molecule has 3 fully saturated rings. The molecular formula is C41H61N7O10. The predicted octanol–water partition coefficient (Wildman–Crippen LogP) is 3.50. The van der Waals surface area contributed by atoms with Crippen molar-refractivity contribution in [2.24, 2.45) is 23.7 Å². The highest BCUT2D eigenvalue weighted by Gasteiger charge is 2.60. The lowest BCUT2D eigenvalue weighted by Gasteiger charge is -2.47. The Labute approximate surface area is 340 Å². The normalized spacial score (nSPS) is 36.8. The first-order valence-corrected chi connectivity index (χ1v) is 20.2. The van der Waals surface area contributed by atoms with Gasteiger partial charge in [0.15, 0.2) is 17.7 Å². The number of allylic oxidation sites excluding steroid dienone is 1. The van der Waals surface area contributed by atoms with Crippen LogP contribution < -0.4 is 0 Å². The molecule has 3 unspecified atom stereocenters. The van der Waals surface area contributed by atoms with E-state index in [9.17, 15) is 24.3 Å². The highest BCUT2D eigenvalue weighted by atomic mass is 16.7. The van der Waals surface area contributed by atoms with E-state index in [2.05, 4.69) is 20.4 Å². The smallest absolute Gasteiger partial charge is 0.411 e. The molecule has 58 heavy (non-hydrogen) atoms. The van der Waals surface area contributed by atoms with E-state index >= 15 is 0 Å². The van der Waals surface area contributed by atoms with Gasteiger partial charge in [0, 0.05) is 43.6 Å². The number of tetrazole rings is 1. The van der Waals surface area contributed by atoms with E-state index < -0.39 is 83.4 Å². The van der Waals surface area contributed by atoms with Crippen molar-refractivity contribution in [1.29, 1.82) is 0 Å². The van der Waals surface area contributed by atoms with E-state index in [1.165, 1.54) is 23.7 Å². The molecule has 17 heteroatoms. The Morgan fingerprint density at radius 2 is 1.72 bits per heavy atom. The van der Waals surface area contributed by atoms with Gasteiger partial charge >= 0.3 is 12.1 Å². The average molecular weight is 812 g/mol. The van der Waals surface area contributed by atoms with Gasteiger partial charge in [-0.15, -0.1) is 10.2 Å².